The second-order valence-electron chi connectivity index (χ2n) is 6.60. The lowest BCUT2D eigenvalue weighted by Crippen LogP contribution is -2.35. The summed E-state index contributed by atoms with van der Waals surface area (Å²) in [4.78, 5) is 39.4. The molecule has 1 amide bonds. The van der Waals surface area contributed by atoms with E-state index in [9.17, 15) is 14.4 Å². The number of hydrogen-bond donors (Lipinski definition) is 2. The number of hydrogen-bond acceptors (Lipinski definition) is 4. The van der Waals surface area contributed by atoms with Crippen molar-refractivity contribution in [3.8, 4) is 0 Å². The van der Waals surface area contributed by atoms with Crippen molar-refractivity contribution in [1.82, 2.24) is 14.9 Å². The average molecular weight is 347 g/mol. The van der Waals surface area contributed by atoms with Crippen molar-refractivity contribution >= 4 is 34.8 Å². The SMILES string of the molecule is CCn1c(=S)[nH]c2cc(C(=O)NCC(=O)C(C)(C)C)ccc2c1=O. The van der Waals surface area contributed by atoms with Crippen LogP contribution in [0.15, 0.2) is 23.0 Å². The van der Waals surface area contributed by atoms with Gasteiger partial charge in [0.2, 0.25) is 0 Å². The summed E-state index contributed by atoms with van der Waals surface area (Å²) in [7, 11) is 0. The molecule has 0 aliphatic carbocycles. The highest BCUT2D eigenvalue weighted by atomic mass is 32.1. The quantitative estimate of drug-likeness (QED) is 0.832. The van der Waals surface area contributed by atoms with Gasteiger partial charge in [-0.25, -0.2) is 0 Å². The highest BCUT2D eigenvalue weighted by Crippen LogP contribution is 2.14. The zero-order valence-electron chi connectivity index (χ0n) is 14.2. The maximum Gasteiger partial charge on any atom is 0.262 e. The fraction of sp³-hybridized carbons (Fsp3) is 0.412. The van der Waals surface area contributed by atoms with Gasteiger partial charge in [-0.3, -0.25) is 19.0 Å². The molecule has 2 rings (SSSR count). The molecule has 1 heterocycles. The van der Waals surface area contributed by atoms with Crippen LogP contribution in [-0.2, 0) is 11.3 Å². The molecule has 1 aromatic carbocycles. The molecule has 0 aliphatic heterocycles. The topological polar surface area (TPSA) is 84.0 Å². The van der Waals surface area contributed by atoms with E-state index in [4.69, 9.17) is 12.2 Å². The molecule has 128 valence electrons. The molecule has 6 nitrogen and oxygen atoms in total. The number of carbonyl (C=O) groups excluding carboxylic acids is 2. The Balaban J connectivity index is 2.31. The molecule has 0 spiro atoms. The minimum Gasteiger partial charge on any atom is -0.345 e. The number of rotatable bonds is 4. The Morgan fingerprint density at radius 2 is 1.96 bits per heavy atom. The summed E-state index contributed by atoms with van der Waals surface area (Å²) < 4.78 is 1.77. The maximum atomic E-state index is 12.3. The Bertz CT molecular complexity index is 919. The molecular formula is C17H21N3O3S. The van der Waals surface area contributed by atoms with Crippen molar-refractivity contribution in [3.63, 3.8) is 0 Å². The lowest BCUT2D eigenvalue weighted by atomic mass is 9.91. The molecule has 0 saturated carbocycles. The van der Waals surface area contributed by atoms with E-state index in [0.29, 0.717) is 27.8 Å². The molecular weight excluding hydrogens is 326 g/mol. The summed E-state index contributed by atoms with van der Waals surface area (Å²) in [6.45, 7) is 7.68. The van der Waals surface area contributed by atoms with Crippen LogP contribution in [0.25, 0.3) is 10.9 Å². The second kappa shape index (κ2) is 6.68. The normalized spacial score (nSPS) is 11.5. The van der Waals surface area contributed by atoms with Gasteiger partial charge in [-0.1, -0.05) is 20.8 Å². The van der Waals surface area contributed by atoms with Crippen LogP contribution in [0.2, 0.25) is 0 Å². The third-order valence-corrected chi connectivity index (χ3v) is 4.13. The first-order valence-electron chi connectivity index (χ1n) is 7.73. The molecule has 2 N–H and O–H groups in total. The summed E-state index contributed by atoms with van der Waals surface area (Å²) in [6, 6.07) is 4.73. The largest absolute Gasteiger partial charge is 0.345 e. The van der Waals surface area contributed by atoms with Crippen LogP contribution in [0.1, 0.15) is 38.1 Å². The molecule has 1 aromatic heterocycles. The maximum absolute atomic E-state index is 12.3. The van der Waals surface area contributed by atoms with Crippen molar-refractivity contribution in [2.45, 2.75) is 34.2 Å². The highest BCUT2D eigenvalue weighted by molar-refractivity contribution is 7.71. The molecule has 0 unspecified atom stereocenters. The Morgan fingerprint density at radius 3 is 2.54 bits per heavy atom. The van der Waals surface area contributed by atoms with Crippen molar-refractivity contribution in [2.24, 2.45) is 5.41 Å². The smallest absolute Gasteiger partial charge is 0.262 e. The predicted octanol–water partition coefficient (Wildman–Crippen LogP) is 2.42. The third kappa shape index (κ3) is 3.62. The minimum atomic E-state index is -0.507. The van der Waals surface area contributed by atoms with Gasteiger partial charge >= 0.3 is 0 Å². The lowest BCUT2D eigenvalue weighted by molar-refractivity contribution is -0.125. The zero-order valence-corrected chi connectivity index (χ0v) is 15.0. The summed E-state index contributed by atoms with van der Waals surface area (Å²) in [5.41, 5.74) is 0.173. The number of nitrogens with zero attached hydrogens (tertiary/aromatic N) is 1. The van der Waals surface area contributed by atoms with Gasteiger partial charge < -0.3 is 10.3 Å². The van der Waals surface area contributed by atoms with E-state index in [1.807, 2.05) is 6.92 Å². The number of aromatic nitrogens is 2. The average Bonchev–Trinajstić information content (AvgIpc) is 2.51. The summed E-state index contributed by atoms with van der Waals surface area (Å²) in [5.74, 6) is -0.421. The number of benzene rings is 1. The first-order valence-corrected chi connectivity index (χ1v) is 8.14. The third-order valence-electron chi connectivity index (χ3n) is 3.81. The van der Waals surface area contributed by atoms with Gasteiger partial charge in [-0.05, 0) is 37.3 Å². The second-order valence-corrected chi connectivity index (χ2v) is 6.98. The van der Waals surface area contributed by atoms with Crippen LogP contribution in [0, 0.1) is 10.2 Å². The Kier molecular flexibility index (Phi) is 5.03. The number of fused-ring (bicyclic) bond motifs is 1. The van der Waals surface area contributed by atoms with Crippen molar-refractivity contribution < 1.29 is 9.59 Å². The number of ketones is 1. The zero-order chi connectivity index (χ0) is 18.1. The van der Waals surface area contributed by atoms with Gasteiger partial charge in [-0.2, -0.15) is 0 Å². The number of amides is 1. The van der Waals surface area contributed by atoms with E-state index in [1.54, 1.807) is 39.0 Å². The predicted molar refractivity (Wildman–Crippen MR) is 95.9 cm³/mol. The van der Waals surface area contributed by atoms with Crippen LogP contribution in [0.5, 0.6) is 0 Å². The standard InChI is InChI=1S/C17H21N3O3S/c1-5-20-15(23)11-7-6-10(8-12(11)19-16(20)24)14(22)18-9-13(21)17(2,3)4/h6-8H,5,9H2,1-4H3,(H,18,22)(H,19,24). The molecule has 7 heteroatoms. The van der Waals surface area contributed by atoms with Crippen molar-refractivity contribution in [3.05, 3.63) is 38.9 Å². The molecule has 0 bridgehead atoms. The fourth-order valence-corrected chi connectivity index (χ4v) is 2.53. The fourth-order valence-electron chi connectivity index (χ4n) is 2.21. The van der Waals surface area contributed by atoms with Gasteiger partial charge in [0.25, 0.3) is 11.5 Å². The van der Waals surface area contributed by atoms with Gasteiger partial charge in [0.15, 0.2) is 10.6 Å². The van der Waals surface area contributed by atoms with Gasteiger partial charge in [0, 0.05) is 17.5 Å². The van der Waals surface area contributed by atoms with E-state index < -0.39 is 5.41 Å². The van der Waals surface area contributed by atoms with Crippen molar-refractivity contribution in [2.75, 3.05) is 6.54 Å². The Labute approximate surface area is 144 Å². The van der Waals surface area contributed by atoms with E-state index in [2.05, 4.69) is 10.3 Å². The highest BCUT2D eigenvalue weighted by Gasteiger charge is 2.21. The van der Waals surface area contributed by atoms with Gasteiger partial charge in [-0.15, -0.1) is 0 Å². The van der Waals surface area contributed by atoms with Crippen LogP contribution in [-0.4, -0.2) is 27.8 Å². The van der Waals surface area contributed by atoms with Crippen LogP contribution < -0.4 is 10.9 Å². The summed E-state index contributed by atoms with van der Waals surface area (Å²) in [5, 5.41) is 3.08. The molecule has 0 aliphatic rings. The van der Waals surface area contributed by atoms with Crippen LogP contribution >= 0.6 is 12.2 Å². The van der Waals surface area contributed by atoms with Crippen LogP contribution in [0.4, 0.5) is 0 Å². The number of carbonyl (C=O) groups is 2. The molecule has 0 fully saturated rings. The van der Waals surface area contributed by atoms with E-state index in [0.717, 1.165) is 0 Å². The molecule has 2 aromatic rings. The summed E-state index contributed by atoms with van der Waals surface area (Å²) in [6.07, 6.45) is 0. The number of nitrogens with one attached hydrogen (secondary N) is 2. The Hall–Kier alpha value is -2.28. The van der Waals surface area contributed by atoms with Crippen molar-refractivity contribution in [1.29, 1.82) is 0 Å². The van der Waals surface area contributed by atoms with E-state index >= 15 is 0 Å². The number of aromatic amines is 1. The molecule has 0 atom stereocenters. The van der Waals surface area contributed by atoms with Crippen LogP contribution in [0.3, 0.4) is 0 Å². The number of Topliss-reactive ketones (excluding diaryl/α,β-unsaturated/α-hetero) is 1. The Morgan fingerprint density at radius 1 is 1.29 bits per heavy atom. The monoisotopic (exact) mass is 347 g/mol. The number of H-pyrrole nitrogens is 1. The first kappa shape index (κ1) is 18.1. The van der Waals surface area contributed by atoms with Gasteiger partial charge in [0.05, 0.1) is 17.4 Å². The lowest BCUT2D eigenvalue weighted by Gasteiger charge is -2.16. The van der Waals surface area contributed by atoms with E-state index in [1.165, 1.54) is 4.57 Å². The molecule has 0 saturated heterocycles. The first-order chi connectivity index (χ1) is 11.1. The van der Waals surface area contributed by atoms with E-state index in [-0.39, 0.29) is 23.8 Å². The molecule has 24 heavy (non-hydrogen) atoms. The summed E-state index contributed by atoms with van der Waals surface area (Å²) >= 11 is 5.16. The minimum absolute atomic E-state index is 0.0339. The van der Waals surface area contributed by atoms with Gasteiger partial charge in [0.1, 0.15) is 0 Å². The molecule has 0 radical (unpaired) electrons.